The highest BCUT2D eigenvalue weighted by Crippen LogP contribution is 2.51. The molecule has 0 aromatic heterocycles. The summed E-state index contributed by atoms with van der Waals surface area (Å²) < 4.78 is 0. The molecule has 3 aliphatic rings. The first-order valence-electron chi connectivity index (χ1n) is 5.75. The quantitative estimate of drug-likeness (QED) is 0.413. The SMILES string of the molecule is CC1=CC2C(=O)C(=O)C1c1c(C)cc(O)c(O)c12. The summed E-state index contributed by atoms with van der Waals surface area (Å²) in [7, 11) is 0. The average Bonchev–Trinajstić information content (AvgIpc) is 2.31. The van der Waals surface area contributed by atoms with Gasteiger partial charge in [-0.25, -0.2) is 0 Å². The lowest BCUT2D eigenvalue weighted by Gasteiger charge is -2.36. The molecule has 0 fully saturated rings. The van der Waals surface area contributed by atoms with Gasteiger partial charge in [0.2, 0.25) is 11.6 Å². The number of Topliss-reactive ketones (excluding diaryl/α,β-unsaturated/α-hetero) is 2. The first-order chi connectivity index (χ1) is 8.43. The molecule has 92 valence electrons. The number of hydrogen-bond donors (Lipinski definition) is 2. The fraction of sp³-hybridized carbons (Fsp3) is 0.286. The first kappa shape index (κ1) is 11.0. The zero-order valence-corrected chi connectivity index (χ0v) is 10.0. The number of ketones is 2. The van der Waals surface area contributed by atoms with E-state index in [0.29, 0.717) is 11.1 Å². The molecule has 0 heterocycles. The van der Waals surface area contributed by atoms with Crippen LogP contribution in [0.4, 0.5) is 0 Å². The van der Waals surface area contributed by atoms with Crippen LogP contribution in [-0.2, 0) is 9.59 Å². The van der Waals surface area contributed by atoms with Crippen LogP contribution in [0.2, 0.25) is 0 Å². The summed E-state index contributed by atoms with van der Waals surface area (Å²) in [6.07, 6.45) is 1.70. The Bertz CT molecular complexity index is 640. The summed E-state index contributed by atoms with van der Waals surface area (Å²) in [6, 6.07) is 1.43. The second-order valence-corrected chi connectivity index (χ2v) is 4.94. The number of allylic oxidation sites excluding steroid dienone is 2. The normalized spacial score (nSPS) is 25.1. The van der Waals surface area contributed by atoms with Crippen molar-refractivity contribution < 1.29 is 19.8 Å². The van der Waals surface area contributed by atoms with Crippen LogP contribution in [0.25, 0.3) is 0 Å². The number of aryl methyl sites for hydroxylation is 1. The van der Waals surface area contributed by atoms with Gasteiger partial charge in [0.05, 0.1) is 11.8 Å². The molecule has 1 aromatic rings. The number of carbonyl (C=O) groups is 2. The minimum atomic E-state index is -0.747. The Balaban J connectivity index is 2.42. The van der Waals surface area contributed by atoms with Gasteiger partial charge in [-0.05, 0) is 31.0 Å². The van der Waals surface area contributed by atoms with Crippen molar-refractivity contribution in [3.63, 3.8) is 0 Å². The predicted molar refractivity (Wildman–Crippen MR) is 63.8 cm³/mol. The second kappa shape index (κ2) is 3.22. The van der Waals surface area contributed by atoms with Gasteiger partial charge in [0.1, 0.15) is 0 Å². The molecular weight excluding hydrogens is 232 g/mol. The van der Waals surface area contributed by atoms with Crippen LogP contribution in [0.5, 0.6) is 11.5 Å². The van der Waals surface area contributed by atoms with Gasteiger partial charge < -0.3 is 10.2 Å². The Labute approximate surface area is 104 Å². The second-order valence-electron chi connectivity index (χ2n) is 4.94. The third-order valence-electron chi connectivity index (χ3n) is 3.84. The number of phenols is 2. The van der Waals surface area contributed by atoms with Crippen molar-refractivity contribution in [1.82, 2.24) is 0 Å². The summed E-state index contributed by atoms with van der Waals surface area (Å²) in [4.78, 5) is 23.9. The molecule has 18 heavy (non-hydrogen) atoms. The number of phenolic OH excluding ortho intramolecular Hbond substituents is 2. The molecule has 2 atom stereocenters. The third-order valence-corrected chi connectivity index (χ3v) is 3.84. The summed E-state index contributed by atoms with van der Waals surface area (Å²) in [5, 5.41) is 19.6. The molecule has 4 heteroatoms. The molecule has 0 saturated heterocycles. The van der Waals surface area contributed by atoms with E-state index in [9.17, 15) is 19.8 Å². The van der Waals surface area contributed by atoms with Crippen LogP contribution >= 0.6 is 0 Å². The Morgan fingerprint density at radius 1 is 1.06 bits per heavy atom. The van der Waals surface area contributed by atoms with Gasteiger partial charge >= 0.3 is 0 Å². The maximum absolute atomic E-state index is 12.0. The van der Waals surface area contributed by atoms with Crippen molar-refractivity contribution >= 4 is 11.6 Å². The molecule has 2 bridgehead atoms. The molecule has 2 N–H and O–H groups in total. The van der Waals surface area contributed by atoms with E-state index in [-0.39, 0.29) is 11.5 Å². The van der Waals surface area contributed by atoms with E-state index in [2.05, 4.69) is 0 Å². The topological polar surface area (TPSA) is 74.6 Å². The molecule has 0 radical (unpaired) electrons. The number of hydrogen-bond acceptors (Lipinski definition) is 4. The number of aromatic hydroxyl groups is 2. The molecule has 2 unspecified atom stereocenters. The Morgan fingerprint density at radius 2 is 1.72 bits per heavy atom. The predicted octanol–water partition coefficient (Wildman–Crippen LogP) is 1.69. The van der Waals surface area contributed by atoms with E-state index in [1.807, 2.05) is 6.92 Å². The maximum atomic E-state index is 12.0. The summed E-state index contributed by atoms with van der Waals surface area (Å²) in [5.41, 5.74) is 2.64. The molecule has 0 amide bonds. The van der Waals surface area contributed by atoms with E-state index in [4.69, 9.17) is 0 Å². The number of rotatable bonds is 0. The lowest BCUT2D eigenvalue weighted by Crippen LogP contribution is -2.38. The van der Waals surface area contributed by atoms with Crippen molar-refractivity contribution in [2.75, 3.05) is 0 Å². The average molecular weight is 244 g/mol. The smallest absolute Gasteiger partial charge is 0.210 e. The fourth-order valence-electron chi connectivity index (χ4n) is 3.04. The zero-order valence-electron chi connectivity index (χ0n) is 10.0. The Hall–Kier alpha value is -2.10. The standard InChI is InChI=1S/C14H12O4/c1-5-3-7-11-9(10(5)14(18)12(7)16)6(2)4-8(15)13(11)17/h3-4,7,10,15,17H,1-2H3. The molecular formula is C14H12O4. The van der Waals surface area contributed by atoms with Crippen molar-refractivity contribution in [2.24, 2.45) is 0 Å². The van der Waals surface area contributed by atoms with Crippen LogP contribution in [0.15, 0.2) is 17.7 Å². The lowest BCUT2D eigenvalue weighted by atomic mass is 9.65. The van der Waals surface area contributed by atoms with Crippen LogP contribution < -0.4 is 0 Å². The number of fused-ring (bicyclic) bond motifs is 1. The van der Waals surface area contributed by atoms with E-state index >= 15 is 0 Å². The summed E-state index contributed by atoms with van der Waals surface area (Å²) in [6.45, 7) is 3.58. The number of carbonyl (C=O) groups excluding carboxylic acids is 2. The van der Waals surface area contributed by atoms with E-state index in [1.54, 1.807) is 13.0 Å². The number of benzene rings is 1. The van der Waals surface area contributed by atoms with Crippen molar-refractivity contribution in [3.8, 4) is 11.5 Å². The minimum Gasteiger partial charge on any atom is -0.504 e. The van der Waals surface area contributed by atoms with Crippen LogP contribution in [0.1, 0.15) is 35.4 Å². The van der Waals surface area contributed by atoms with Gasteiger partial charge in [-0.2, -0.15) is 0 Å². The van der Waals surface area contributed by atoms with Crippen molar-refractivity contribution in [2.45, 2.75) is 25.7 Å². The van der Waals surface area contributed by atoms with Crippen LogP contribution in [0, 0.1) is 6.92 Å². The summed E-state index contributed by atoms with van der Waals surface area (Å²) in [5.74, 6) is -2.79. The summed E-state index contributed by atoms with van der Waals surface area (Å²) >= 11 is 0. The largest absolute Gasteiger partial charge is 0.504 e. The van der Waals surface area contributed by atoms with Crippen LogP contribution in [0.3, 0.4) is 0 Å². The lowest BCUT2D eigenvalue weighted by molar-refractivity contribution is -0.138. The first-order valence-corrected chi connectivity index (χ1v) is 5.75. The van der Waals surface area contributed by atoms with Crippen molar-refractivity contribution in [3.05, 3.63) is 34.4 Å². The molecule has 0 aliphatic heterocycles. The Kier molecular flexibility index (Phi) is 1.97. The van der Waals surface area contributed by atoms with E-state index < -0.39 is 23.4 Å². The van der Waals surface area contributed by atoms with Gasteiger partial charge in [-0.1, -0.05) is 11.6 Å². The molecule has 4 nitrogen and oxygen atoms in total. The minimum absolute atomic E-state index is 0.245. The van der Waals surface area contributed by atoms with Gasteiger partial charge in [0.15, 0.2) is 11.5 Å². The highest BCUT2D eigenvalue weighted by atomic mass is 16.3. The fourth-order valence-corrected chi connectivity index (χ4v) is 3.04. The van der Waals surface area contributed by atoms with Gasteiger partial charge in [0.25, 0.3) is 0 Å². The van der Waals surface area contributed by atoms with Gasteiger partial charge in [-0.3, -0.25) is 9.59 Å². The Morgan fingerprint density at radius 3 is 2.39 bits per heavy atom. The van der Waals surface area contributed by atoms with Crippen molar-refractivity contribution in [1.29, 1.82) is 0 Å². The molecule has 0 spiro atoms. The molecule has 0 saturated carbocycles. The zero-order chi connectivity index (χ0) is 13.2. The highest BCUT2D eigenvalue weighted by Gasteiger charge is 2.47. The molecule has 3 aliphatic carbocycles. The van der Waals surface area contributed by atoms with Gasteiger partial charge in [-0.15, -0.1) is 0 Å². The maximum Gasteiger partial charge on any atom is 0.210 e. The molecule has 1 aromatic carbocycles. The monoisotopic (exact) mass is 244 g/mol. The third kappa shape index (κ3) is 1.10. The highest BCUT2D eigenvalue weighted by molar-refractivity contribution is 6.44. The van der Waals surface area contributed by atoms with E-state index in [0.717, 1.165) is 11.1 Å². The molecule has 4 rings (SSSR count). The van der Waals surface area contributed by atoms with Crippen LogP contribution in [-0.4, -0.2) is 21.8 Å². The van der Waals surface area contributed by atoms with E-state index in [1.165, 1.54) is 6.07 Å². The van der Waals surface area contributed by atoms with Gasteiger partial charge in [0, 0.05) is 5.56 Å².